The Balaban J connectivity index is 1.54. The molecular weight excluding hydrogens is 576 g/mol. The van der Waals surface area contributed by atoms with E-state index in [0.29, 0.717) is 11.5 Å². The highest BCUT2D eigenvalue weighted by atomic mass is 16.3. The summed E-state index contributed by atoms with van der Waals surface area (Å²) in [7, 11) is 9.07. The summed E-state index contributed by atoms with van der Waals surface area (Å²) in [6.07, 6.45) is 0. The van der Waals surface area contributed by atoms with Gasteiger partial charge in [0.05, 0.1) is 0 Å². The van der Waals surface area contributed by atoms with E-state index in [-0.39, 0.29) is 0 Å². The summed E-state index contributed by atoms with van der Waals surface area (Å²) in [6.45, 7) is 20.4. The van der Waals surface area contributed by atoms with Gasteiger partial charge in [-0.2, -0.15) is 0 Å². The third-order valence-electron chi connectivity index (χ3n) is 9.75. The molecule has 10 nitrogen and oxygen atoms in total. The van der Waals surface area contributed by atoms with Crippen LogP contribution in [-0.2, 0) is 13.1 Å². The molecule has 3 heterocycles. The minimum absolute atomic E-state index is 0.344. The second kappa shape index (κ2) is 19.5. The highest BCUT2D eigenvalue weighted by Gasteiger charge is 2.17. The zero-order chi connectivity index (χ0) is 32.7. The SMILES string of the molecule is CN1CCN(C)CCN2CCN(C)CCN(Cc3cccc(O)c3)CCN(CC1)CCN(C)CCN(Cc1cccc(O)c1)CC2. The van der Waals surface area contributed by atoms with Gasteiger partial charge in [0.1, 0.15) is 11.5 Å². The van der Waals surface area contributed by atoms with Crippen LogP contribution >= 0.6 is 0 Å². The van der Waals surface area contributed by atoms with Gasteiger partial charge in [0.25, 0.3) is 0 Å². The predicted molar refractivity (Wildman–Crippen MR) is 190 cm³/mol. The average molecular weight is 639 g/mol. The number of phenols is 2. The molecule has 2 bridgehead atoms. The average Bonchev–Trinajstić information content (AvgIpc) is 3.03. The summed E-state index contributed by atoms with van der Waals surface area (Å²) in [4.78, 5) is 20.4. The molecule has 3 fully saturated rings. The lowest BCUT2D eigenvalue weighted by Gasteiger charge is -2.34. The highest BCUT2D eigenvalue weighted by Crippen LogP contribution is 2.15. The van der Waals surface area contributed by atoms with E-state index in [2.05, 4.69) is 79.5 Å². The van der Waals surface area contributed by atoms with Gasteiger partial charge in [-0.25, -0.2) is 0 Å². The number of benzene rings is 2. The molecule has 2 aromatic rings. The van der Waals surface area contributed by atoms with E-state index in [1.807, 2.05) is 24.3 Å². The van der Waals surface area contributed by atoms with Crippen molar-refractivity contribution in [3.05, 3.63) is 59.7 Å². The number of rotatable bonds is 4. The predicted octanol–water partition coefficient (Wildman–Crippen LogP) is 1.76. The molecule has 0 aliphatic carbocycles. The Morgan fingerprint density at radius 2 is 0.696 bits per heavy atom. The molecule has 0 aromatic heterocycles. The first kappa shape index (κ1) is 36.6. The maximum Gasteiger partial charge on any atom is 0.115 e. The maximum atomic E-state index is 10.1. The van der Waals surface area contributed by atoms with E-state index in [9.17, 15) is 10.2 Å². The molecule has 2 unspecified atom stereocenters. The number of likely N-dealkylation sites (N-methyl/N-ethyl adjacent to an activating group) is 4. The van der Waals surface area contributed by atoms with Crippen LogP contribution in [0.3, 0.4) is 0 Å². The molecule has 0 amide bonds. The van der Waals surface area contributed by atoms with Crippen LogP contribution in [0.1, 0.15) is 11.1 Å². The number of aromatic hydroxyl groups is 2. The van der Waals surface area contributed by atoms with Crippen LogP contribution in [0.2, 0.25) is 0 Å². The lowest BCUT2D eigenvalue weighted by Crippen LogP contribution is -2.47. The molecule has 3 aliphatic rings. The van der Waals surface area contributed by atoms with E-state index in [1.54, 1.807) is 12.1 Å². The lowest BCUT2D eigenvalue weighted by atomic mass is 10.2. The summed E-state index contributed by atoms with van der Waals surface area (Å²) < 4.78 is 0. The fourth-order valence-electron chi connectivity index (χ4n) is 6.26. The molecule has 2 aromatic carbocycles. The van der Waals surface area contributed by atoms with Gasteiger partial charge in [-0.15, -0.1) is 0 Å². The van der Waals surface area contributed by atoms with Crippen molar-refractivity contribution < 1.29 is 10.2 Å². The third kappa shape index (κ3) is 13.8. The highest BCUT2D eigenvalue weighted by molar-refractivity contribution is 5.27. The Morgan fingerprint density at radius 1 is 0.413 bits per heavy atom. The fourth-order valence-corrected chi connectivity index (χ4v) is 6.26. The Bertz CT molecular complexity index is 1050. The van der Waals surface area contributed by atoms with Crippen LogP contribution in [0, 0.1) is 0 Å². The van der Waals surface area contributed by atoms with Crippen LogP contribution < -0.4 is 0 Å². The first-order valence-corrected chi connectivity index (χ1v) is 17.4. The Morgan fingerprint density at radius 3 is 1.04 bits per heavy atom. The lowest BCUT2D eigenvalue weighted by molar-refractivity contribution is 0.127. The second-order valence-electron chi connectivity index (χ2n) is 13.8. The third-order valence-corrected chi connectivity index (χ3v) is 9.75. The maximum absolute atomic E-state index is 10.1. The molecule has 2 atom stereocenters. The Hall–Kier alpha value is -2.28. The molecule has 0 spiro atoms. The number of hydrogen-bond donors (Lipinski definition) is 2. The largest absolute Gasteiger partial charge is 0.508 e. The smallest absolute Gasteiger partial charge is 0.115 e. The number of nitrogens with zero attached hydrogens (tertiary/aromatic N) is 8. The van der Waals surface area contributed by atoms with Gasteiger partial charge in [-0.05, 0) is 63.6 Å². The van der Waals surface area contributed by atoms with Gasteiger partial charge in [-0.3, -0.25) is 19.6 Å². The summed E-state index contributed by atoms with van der Waals surface area (Å²) in [5, 5.41) is 20.2. The van der Waals surface area contributed by atoms with Gasteiger partial charge in [0.15, 0.2) is 0 Å². The van der Waals surface area contributed by atoms with Crippen LogP contribution in [0.4, 0.5) is 0 Å². The molecule has 10 heteroatoms. The minimum Gasteiger partial charge on any atom is -0.508 e. The Labute approximate surface area is 279 Å². The molecule has 258 valence electrons. The van der Waals surface area contributed by atoms with Crippen molar-refractivity contribution in [1.82, 2.24) is 39.2 Å². The van der Waals surface area contributed by atoms with Crippen LogP contribution in [0.15, 0.2) is 48.5 Å². The van der Waals surface area contributed by atoms with Crippen LogP contribution in [0.5, 0.6) is 11.5 Å². The summed E-state index contributed by atoms with van der Waals surface area (Å²) in [6, 6.07) is 15.5. The minimum atomic E-state index is 0.344. The van der Waals surface area contributed by atoms with Gasteiger partial charge in [-0.1, -0.05) is 24.3 Å². The van der Waals surface area contributed by atoms with Crippen molar-refractivity contribution in [2.45, 2.75) is 13.1 Å². The van der Waals surface area contributed by atoms with Gasteiger partial charge < -0.3 is 29.8 Å². The van der Waals surface area contributed by atoms with Crippen molar-refractivity contribution >= 4 is 0 Å². The molecule has 0 saturated carbocycles. The summed E-state index contributed by atoms with van der Waals surface area (Å²) >= 11 is 0. The number of fused-ring (bicyclic) bond motifs is 21. The van der Waals surface area contributed by atoms with Crippen molar-refractivity contribution in [3.63, 3.8) is 0 Å². The summed E-state index contributed by atoms with van der Waals surface area (Å²) in [5.74, 6) is 0.688. The molecule has 46 heavy (non-hydrogen) atoms. The molecule has 2 N–H and O–H groups in total. The second-order valence-corrected chi connectivity index (χ2v) is 13.8. The number of hydrogen-bond acceptors (Lipinski definition) is 10. The van der Waals surface area contributed by atoms with Crippen molar-refractivity contribution in [2.24, 2.45) is 0 Å². The summed E-state index contributed by atoms with van der Waals surface area (Å²) in [5.41, 5.74) is 2.34. The topological polar surface area (TPSA) is 66.4 Å². The Kier molecular flexibility index (Phi) is 15.5. The first-order chi connectivity index (χ1) is 22.2. The first-order valence-electron chi connectivity index (χ1n) is 17.4. The van der Waals surface area contributed by atoms with E-state index in [0.717, 1.165) is 131 Å². The van der Waals surface area contributed by atoms with Crippen molar-refractivity contribution in [1.29, 1.82) is 0 Å². The van der Waals surface area contributed by atoms with Crippen LogP contribution in [0.25, 0.3) is 0 Å². The normalized spacial score (nSPS) is 25.0. The van der Waals surface area contributed by atoms with E-state index in [4.69, 9.17) is 0 Å². The monoisotopic (exact) mass is 638 g/mol. The van der Waals surface area contributed by atoms with Crippen molar-refractivity contribution in [3.8, 4) is 11.5 Å². The van der Waals surface area contributed by atoms with E-state index in [1.165, 1.54) is 11.1 Å². The quantitative estimate of drug-likeness (QED) is 0.518. The molecule has 5 rings (SSSR count). The molecule has 3 saturated heterocycles. The van der Waals surface area contributed by atoms with Crippen LogP contribution in [-0.4, -0.2) is 195 Å². The zero-order valence-corrected chi connectivity index (χ0v) is 29.2. The zero-order valence-electron chi connectivity index (χ0n) is 29.2. The fraction of sp³-hybridized carbons (Fsp3) is 0.667. The van der Waals surface area contributed by atoms with E-state index >= 15 is 0 Å². The van der Waals surface area contributed by atoms with E-state index < -0.39 is 0 Å². The molecule has 0 radical (unpaired) electrons. The van der Waals surface area contributed by atoms with Gasteiger partial charge >= 0.3 is 0 Å². The van der Waals surface area contributed by atoms with Gasteiger partial charge in [0, 0.05) is 131 Å². The number of phenolic OH excluding ortho intramolecular Hbond substituents is 2. The van der Waals surface area contributed by atoms with Crippen molar-refractivity contribution in [2.75, 3.05) is 146 Å². The van der Waals surface area contributed by atoms with Gasteiger partial charge in [0.2, 0.25) is 0 Å². The standard InChI is InChI=1S/C36H62N8O2/c1-37-11-12-38(2)14-20-42-22-16-40(4)18-23-43(31-33-7-5-9-35(45)29-33)27-25-41(19-13-37)21-15-39(3)17-24-44(28-26-42)32-34-8-6-10-36(46)30-34/h5-10,29-30,45-46H,11-28,31-32H2,1-4H3. The molecule has 3 aliphatic heterocycles. The molecular formula is C36H62N8O2.